The molecule has 0 fully saturated rings. The molecule has 0 saturated carbocycles. The zero-order chi connectivity index (χ0) is 12.7. The second-order valence-corrected chi connectivity index (χ2v) is 7.05. The lowest BCUT2D eigenvalue weighted by Crippen LogP contribution is -1.93. The Balaban J connectivity index is 1.97. The van der Waals surface area contributed by atoms with Crippen molar-refractivity contribution in [1.82, 2.24) is 0 Å². The van der Waals surface area contributed by atoms with Crippen LogP contribution in [0.2, 0.25) is 5.02 Å². The highest BCUT2D eigenvalue weighted by Crippen LogP contribution is 2.41. The molecule has 18 heavy (non-hydrogen) atoms. The second-order valence-electron chi connectivity index (χ2n) is 4.84. The fraction of sp³-hybridized carbons (Fsp3) is 0.333. The summed E-state index contributed by atoms with van der Waals surface area (Å²) < 4.78 is 0. The average Bonchev–Trinajstić information content (AvgIpc) is 2.96. The van der Waals surface area contributed by atoms with E-state index in [0.29, 0.717) is 0 Å². The van der Waals surface area contributed by atoms with Crippen LogP contribution in [-0.2, 0) is 12.8 Å². The first-order valence-electron chi connectivity index (χ1n) is 6.16. The molecular weight excluding hydrogens is 328 g/mol. The molecule has 3 rings (SSSR count). The van der Waals surface area contributed by atoms with Gasteiger partial charge in [-0.3, -0.25) is 0 Å². The molecular formula is C15H14BrClS. The molecule has 1 unspecified atom stereocenters. The van der Waals surface area contributed by atoms with E-state index < -0.39 is 0 Å². The molecule has 2 aromatic rings. The Bertz CT molecular complexity index is 588. The lowest BCUT2D eigenvalue weighted by atomic mass is 10.0. The number of hydrogen-bond donors (Lipinski definition) is 0. The van der Waals surface area contributed by atoms with Crippen LogP contribution in [0.15, 0.2) is 23.6 Å². The molecule has 3 heteroatoms. The van der Waals surface area contributed by atoms with E-state index in [1.807, 2.05) is 0 Å². The summed E-state index contributed by atoms with van der Waals surface area (Å²) in [6.45, 7) is 2.06. The molecule has 1 aliphatic carbocycles. The van der Waals surface area contributed by atoms with Crippen LogP contribution in [0.3, 0.4) is 0 Å². The van der Waals surface area contributed by atoms with Crippen molar-refractivity contribution in [2.75, 3.05) is 0 Å². The minimum absolute atomic E-state index is 0.217. The van der Waals surface area contributed by atoms with Crippen LogP contribution in [0.25, 0.3) is 0 Å². The molecule has 1 heterocycles. The standard InChI is InChI=1S/C15H14BrClS/c1-9-8-18-15(14(9)17)13(16)12-6-5-10-3-2-4-11(10)7-12/h5-8,13H,2-4H2,1H3. The summed E-state index contributed by atoms with van der Waals surface area (Å²) in [4.78, 5) is 1.43. The molecule has 0 saturated heterocycles. The average molecular weight is 342 g/mol. The first kappa shape index (κ1) is 12.7. The highest BCUT2D eigenvalue weighted by Gasteiger charge is 2.19. The Hall–Kier alpha value is -0.310. The predicted molar refractivity (Wildman–Crippen MR) is 83.3 cm³/mol. The Morgan fingerprint density at radius 2 is 2.06 bits per heavy atom. The number of alkyl halides is 1. The minimum Gasteiger partial charge on any atom is -0.145 e. The van der Waals surface area contributed by atoms with Gasteiger partial charge in [0.25, 0.3) is 0 Å². The monoisotopic (exact) mass is 340 g/mol. The number of rotatable bonds is 2. The number of halogens is 2. The van der Waals surface area contributed by atoms with Gasteiger partial charge < -0.3 is 0 Å². The molecule has 0 nitrogen and oxygen atoms in total. The number of benzene rings is 1. The molecule has 1 atom stereocenters. The van der Waals surface area contributed by atoms with E-state index in [4.69, 9.17) is 11.6 Å². The topological polar surface area (TPSA) is 0 Å². The molecule has 1 aliphatic rings. The number of aryl methyl sites for hydroxylation is 3. The largest absolute Gasteiger partial charge is 0.145 e. The van der Waals surface area contributed by atoms with Crippen molar-refractivity contribution in [3.8, 4) is 0 Å². The van der Waals surface area contributed by atoms with Gasteiger partial charge in [0.05, 0.1) is 9.85 Å². The summed E-state index contributed by atoms with van der Waals surface area (Å²) in [7, 11) is 0. The zero-order valence-corrected chi connectivity index (χ0v) is 13.3. The Kier molecular flexibility index (Phi) is 3.52. The summed E-state index contributed by atoms with van der Waals surface area (Å²) in [5.74, 6) is 0. The van der Waals surface area contributed by atoms with Gasteiger partial charge in [0, 0.05) is 4.88 Å². The maximum Gasteiger partial charge on any atom is 0.0753 e. The third-order valence-electron chi connectivity index (χ3n) is 3.57. The van der Waals surface area contributed by atoms with Crippen LogP contribution < -0.4 is 0 Å². The van der Waals surface area contributed by atoms with Gasteiger partial charge in [0.15, 0.2) is 0 Å². The maximum absolute atomic E-state index is 6.35. The highest BCUT2D eigenvalue weighted by molar-refractivity contribution is 9.09. The Labute approximate surface area is 125 Å². The van der Waals surface area contributed by atoms with Gasteiger partial charge >= 0.3 is 0 Å². The van der Waals surface area contributed by atoms with Crippen LogP contribution in [0, 0.1) is 6.92 Å². The SMILES string of the molecule is Cc1csc(C(Br)c2ccc3c(c2)CCC3)c1Cl. The van der Waals surface area contributed by atoms with Crippen molar-refractivity contribution in [3.05, 3.63) is 55.7 Å². The summed E-state index contributed by atoms with van der Waals surface area (Å²) >= 11 is 11.9. The predicted octanol–water partition coefficient (Wildman–Crippen LogP) is 5.68. The van der Waals surface area contributed by atoms with E-state index in [-0.39, 0.29) is 4.83 Å². The highest BCUT2D eigenvalue weighted by atomic mass is 79.9. The third kappa shape index (κ3) is 2.15. The Morgan fingerprint density at radius 1 is 1.28 bits per heavy atom. The van der Waals surface area contributed by atoms with E-state index in [9.17, 15) is 0 Å². The quantitative estimate of drug-likeness (QED) is 0.616. The molecule has 0 bridgehead atoms. The third-order valence-corrected chi connectivity index (χ3v) is 6.64. The molecule has 0 spiro atoms. The molecule has 0 N–H and O–H groups in total. The molecule has 0 radical (unpaired) electrons. The molecule has 0 aliphatic heterocycles. The van der Waals surface area contributed by atoms with E-state index in [0.717, 1.165) is 5.02 Å². The van der Waals surface area contributed by atoms with Crippen LogP contribution in [0.5, 0.6) is 0 Å². The minimum atomic E-state index is 0.217. The normalized spacial score (nSPS) is 15.7. The van der Waals surface area contributed by atoms with Gasteiger partial charge in [-0.05, 0) is 53.8 Å². The van der Waals surface area contributed by atoms with Gasteiger partial charge in [-0.15, -0.1) is 11.3 Å². The Morgan fingerprint density at radius 3 is 2.78 bits per heavy atom. The van der Waals surface area contributed by atoms with Crippen LogP contribution in [-0.4, -0.2) is 0 Å². The van der Waals surface area contributed by atoms with Crippen LogP contribution >= 0.6 is 38.9 Å². The summed E-state index contributed by atoms with van der Waals surface area (Å²) in [5.41, 5.74) is 5.52. The fourth-order valence-corrected chi connectivity index (χ4v) is 4.79. The van der Waals surface area contributed by atoms with Crippen LogP contribution in [0.4, 0.5) is 0 Å². The molecule has 94 valence electrons. The fourth-order valence-electron chi connectivity index (χ4n) is 2.52. The molecule has 1 aromatic carbocycles. The van der Waals surface area contributed by atoms with Gasteiger partial charge in [-0.1, -0.05) is 45.7 Å². The number of fused-ring (bicyclic) bond motifs is 1. The van der Waals surface area contributed by atoms with Crippen molar-refractivity contribution in [3.63, 3.8) is 0 Å². The first-order valence-corrected chi connectivity index (χ1v) is 8.33. The van der Waals surface area contributed by atoms with Gasteiger partial charge in [0.2, 0.25) is 0 Å². The van der Waals surface area contributed by atoms with Crippen molar-refractivity contribution in [1.29, 1.82) is 0 Å². The maximum atomic E-state index is 6.35. The van der Waals surface area contributed by atoms with E-state index in [1.165, 1.54) is 46.4 Å². The smallest absolute Gasteiger partial charge is 0.0753 e. The van der Waals surface area contributed by atoms with Crippen molar-refractivity contribution in [2.24, 2.45) is 0 Å². The van der Waals surface area contributed by atoms with Gasteiger partial charge in [-0.2, -0.15) is 0 Å². The summed E-state index contributed by atoms with van der Waals surface area (Å²) in [5, 5.41) is 3.03. The lowest BCUT2D eigenvalue weighted by molar-refractivity contribution is 0.911. The lowest BCUT2D eigenvalue weighted by Gasteiger charge is -2.11. The van der Waals surface area contributed by atoms with Gasteiger partial charge in [-0.25, -0.2) is 0 Å². The summed E-state index contributed by atoms with van der Waals surface area (Å²) in [6.07, 6.45) is 3.76. The van der Waals surface area contributed by atoms with Gasteiger partial charge in [0.1, 0.15) is 0 Å². The van der Waals surface area contributed by atoms with E-state index >= 15 is 0 Å². The summed E-state index contributed by atoms with van der Waals surface area (Å²) in [6, 6.07) is 6.85. The molecule has 1 aromatic heterocycles. The van der Waals surface area contributed by atoms with Crippen molar-refractivity contribution in [2.45, 2.75) is 31.0 Å². The first-order chi connectivity index (χ1) is 8.66. The number of hydrogen-bond acceptors (Lipinski definition) is 1. The second kappa shape index (κ2) is 4.99. The molecule has 0 amide bonds. The van der Waals surface area contributed by atoms with Crippen LogP contribution in [0.1, 0.15) is 38.4 Å². The van der Waals surface area contributed by atoms with Crippen molar-refractivity contribution >= 4 is 38.9 Å². The van der Waals surface area contributed by atoms with Crippen molar-refractivity contribution < 1.29 is 0 Å². The number of thiophene rings is 1. The zero-order valence-electron chi connectivity index (χ0n) is 10.2. The van der Waals surface area contributed by atoms with E-state index in [1.54, 1.807) is 11.3 Å². The van der Waals surface area contributed by atoms with E-state index in [2.05, 4.69) is 46.4 Å².